The third-order valence-corrected chi connectivity index (χ3v) is 4.75. The minimum Gasteiger partial charge on any atom is -0.497 e. The smallest absolute Gasteiger partial charge is 0.168 e. The van der Waals surface area contributed by atoms with Gasteiger partial charge in [-0.1, -0.05) is 42.5 Å². The van der Waals surface area contributed by atoms with Crippen LogP contribution in [0.3, 0.4) is 0 Å². The number of carbonyl (C=O) groups is 1. The summed E-state index contributed by atoms with van der Waals surface area (Å²) in [7, 11) is 1.63. The maximum Gasteiger partial charge on any atom is 0.168 e. The maximum absolute atomic E-state index is 12.4. The van der Waals surface area contributed by atoms with E-state index in [9.17, 15) is 4.79 Å². The number of quaternary nitrogens is 1. The molecule has 3 nitrogen and oxygen atoms in total. The second kappa shape index (κ2) is 7.42. The van der Waals surface area contributed by atoms with E-state index in [0.29, 0.717) is 12.3 Å². The first-order valence-electron chi connectivity index (χ1n) is 8.32. The summed E-state index contributed by atoms with van der Waals surface area (Å²) in [6, 6.07) is 18.2. The van der Waals surface area contributed by atoms with Gasteiger partial charge in [0.05, 0.1) is 33.2 Å². The Hall–Kier alpha value is -2.13. The summed E-state index contributed by atoms with van der Waals surface area (Å²) in [5.74, 6) is 1.59. The van der Waals surface area contributed by atoms with Crippen molar-refractivity contribution in [2.45, 2.75) is 18.8 Å². The van der Waals surface area contributed by atoms with Crippen molar-refractivity contribution >= 4 is 5.78 Å². The van der Waals surface area contributed by atoms with Crippen LogP contribution >= 0.6 is 0 Å². The van der Waals surface area contributed by atoms with Crippen LogP contribution < -0.4 is 9.64 Å². The van der Waals surface area contributed by atoms with Crippen LogP contribution in [0, 0.1) is 0 Å². The molecule has 3 heteroatoms. The average Bonchev–Trinajstić information content (AvgIpc) is 3.09. The summed E-state index contributed by atoms with van der Waals surface area (Å²) in [5.41, 5.74) is 2.18. The zero-order chi connectivity index (χ0) is 16.1. The van der Waals surface area contributed by atoms with Crippen LogP contribution in [-0.4, -0.2) is 32.5 Å². The first-order chi connectivity index (χ1) is 11.3. The second-order valence-electron chi connectivity index (χ2n) is 6.26. The van der Waals surface area contributed by atoms with E-state index in [1.54, 1.807) is 7.11 Å². The van der Waals surface area contributed by atoms with Crippen LogP contribution in [0.5, 0.6) is 5.75 Å². The Labute approximate surface area is 137 Å². The zero-order valence-corrected chi connectivity index (χ0v) is 13.6. The monoisotopic (exact) mass is 310 g/mol. The van der Waals surface area contributed by atoms with Crippen molar-refractivity contribution in [3.05, 3.63) is 65.7 Å². The Bertz CT molecular complexity index is 654. The van der Waals surface area contributed by atoms with E-state index in [2.05, 4.69) is 30.3 Å². The number of nitrogens with one attached hydrogen (secondary N) is 1. The third kappa shape index (κ3) is 3.99. The molecule has 1 heterocycles. The highest BCUT2D eigenvalue weighted by Crippen LogP contribution is 2.19. The number of ether oxygens (including phenoxy) is 1. The number of benzene rings is 2. The quantitative estimate of drug-likeness (QED) is 0.830. The molecule has 0 radical (unpaired) electrons. The first-order valence-corrected chi connectivity index (χ1v) is 8.32. The fraction of sp³-hybridized carbons (Fsp3) is 0.350. The predicted molar refractivity (Wildman–Crippen MR) is 91.3 cm³/mol. The molecule has 0 spiro atoms. The van der Waals surface area contributed by atoms with Gasteiger partial charge in [0.25, 0.3) is 0 Å². The number of Topliss-reactive ketones (excluding diaryl/α,β-unsaturated/α-hetero) is 1. The Kier molecular flexibility index (Phi) is 5.09. The highest BCUT2D eigenvalue weighted by Gasteiger charge is 2.27. The van der Waals surface area contributed by atoms with Gasteiger partial charge in [0.2, 0.25) is 0 Å². The molecule has 3 rings (SSSR count). The molecule has 0 aliphatic carbocycles. The van der Waals surface area contributed by atoms with Gasteiger partial charge >= 0.3 is 0 Å². The molecule has 1 aliphatic rings. The number of carbonyl (C=O) groups excluding carboxylic acids is 1. The molecule has 2 atom stereocenters. The molecule has 120 valence electrons. The molecule has 0 aromatic heterocycles. The van der Waals surface area contributed by atoms with Crippen LogP contribution in [0.4, 0.5) is 0 Å². The van der Waals surface area contributed by atoms with Gasteiger partial charge in [-0.05, 0) is 17.7 Å². The van der Waals surface area contributed by atoms with Crippen LogP contribution in [0.15, 0.2) is 54.6 Å². The van der Waals surface area contributed by atoms with Gasteiger partial charge in [0.15, 0.2) is 5.78 Å². The molecular formula is C20H24NO2+. The first kappa shape index (κ1) is 15.8. The van der Waals surface area contributed by atoms with Crippen molar-refractivity contribution < 1.29 is 14.4 Å². The number of ketones is 1. The Morgan fingerprint density at radius 1 is 1.17 bits per heavy atom. The normalized spacial score (nSPS) is 20.4. The van der Waals surface area contributed by atoms with E-state index in [0.717, 1.165) is 30.9 Å². The molecule has 0 amide bonds. The Balaban J connectivity index is 1.52. The lowest BCUT2D eigenvalue weighted by atomic mass is 9.99. The van der Waals surface area contributed by atoms with E-state index >= 15 is 0 Å². The van der Waals surface area contributed by atoms with Crippen molar-refractivity contribution in [1.82, 2.24) is 0 Å². The molecule has 23 heavy (non-hydrogen) atoms. The average molecular weight is 310 g/mol. The molecule has 1 saturated heterocycles. The Morgan fingerprint density at radius 3 is 2.78 bits per heavy atom. The minimum absolute atomic E-state index is 0.208. The van der Waals surface area contributed by atoms with Crippen molar-refractivity contribution in [2.24, 2.45) is 0 Å². The lowest BCUT2D eigenvalue weighted by Gasteiger charge is -2.13. The van der Waals surface area contributed by atoms with Crippen molar-refractivity contribution in [3.8, 4) is 5.75 Å². The number of methoxy groups -OCH3 is 1. The lowest BCUT2D eigenvalue weighted by Crippen LogP contribution is -3.10. The molecule has 2 aromatic carbocycles. The van der Waals surface area contributed by atoms with Crippen molar-refractivity contribution in [1.29, 1.82) is 0 Å². The summed E-state index contributed by atoms with van der Waals surface area (Å²) in [6.45, 7) is 3.21. The maximum atomic E-state index is 12.4. The van der Waals surface area contributed by atoms with Gasteiger partial charge in [-0.15, -0.1) is 0 Å². The van der Waals surface area contributed by atoms with Gasteiger partial charge in [0, 0.05) is 17.9 Å². The van der Waals surface area contributed by atoms with Crippen LogP contribution in [0.1, 0.15) is 34.7 Å². The van der Waals surface area contributed by atoms with Gasteiger partial charge in [-0.2, -0.15) is 0 Å². The SMILES string of the molecule is COc1cccc(C(=O)CC[NH+]2CCC(c3ccccc3)C2)c1. The predicted octanol–water partition coefficient (Wildman–Crippen LogP) is 2.34. The summed E-state index contributed by atoms with van der Waals surface area (Å²) >= 11 is 0. The lowest BCUT2D eigenvalue weighted by molar-refractivity contribution is -0.887. The molecule has 1 aliphatic heterocycles. The number of rotatable bonds is 6. The summed E-state index contributed by atoms with van der Waals surface area (Å²) in [6.07, 6.45) is 1.82. The fourth-order valence-electron chi connectivity index (χ4n) is 3.40. The molecule has 0 bridgehead atoms. The van der Waals surface area contributed by atoms with Gasteiger partial charge < -0.3 is 9.64 Å². The molecule has 1 fully saturated rings. The fourth-order valence-corrected chi connectivity index (χ4v) is 3.40. The van der Waals surface area contributed by atoms with Crippen LogP contribution in [-0.2, 0) is 0 Å². The third-order valence-electron chi connectivity index (χ3n) is 4.75. The van der Waals surface area contributed by atoms with E-state index < -0.39 is 0 Å². The van der Waals surface area contributed by atoms with Crippen molar-refractivity contribution in [2.75, 3.05) is 26.7 Å². The molecule has 1 N–H and O–H groups in total. The molecule has 2 unspecified atom stereocenters. The van der Waals surface area contributed by atoms with E-state index in [4.69, 9.17) is 4.74 Å². The molecular weight excluding hydrogens is 286 g/mol. The summed E-state index contributed by atoms with van der Waals surface area (Å²) in [4.78, 5) is 13.9. The van der Waals surface area contributed by atoms with Gasteiger partial charge in [-0.3, -0.25) is 4.79 Å². The van der Waals surface area contributed by atoms with E-state index in [1.807, 2.05) is 24.3 Å². The minimum atomic E-state index is 0.208. The van der Waals surface area contributed by atoms with Gasteiger partial charge in [0.1, 0.15) is 5.75 Å². The summed E-state index contributed by atoms with van der Waals surface area (Å²) < 4.78 is 5.19. The van der Waals surface area contributed by atoms with Crippen LogP contribution in [0.2, 0.25) is 0 Å². The number of likely N-dealkylation sites (tertiary alicyclic amines) is 1. The second-order valence-corrected chi connectivity index (χ2v) is 6.26. The highest BCUT2D eigenvalue weighted by atomic mass is 16.5. The van der Waals surface area contributed by atoms with E-state index in [-0.39, 0.29) is 5.78 Å². The zero-order valence-electron chi connectivity index (χ0n) is 13.6. The largest absolute Gasteiger partial charge is 0.497 e. The molecule has 2 aromatic rings. The summed E-state index contributed by atoms with van der Waals surface area (Å²) in [5, 5.41) is 0. The molecule has 0 saturated carbocycles. The topological polar surface area (TPSA) is 30.7 Å². The number of hydrogen-bond donors (Lipinski definition) is 1. The standard InChI is InChI=1S/C20H23NO2/c1-23-19-9-5-8-17(14-19)20(22)11-13-21-12-10-18(15-21)16-6-3-2-4-7-16/h2-9,14,18H,10-13,15H2,1H3/p+1. The van der Waals surface area contributed by atoms with Gasteiger partial charge in [-0.25, -0.2) is 0 Å². The number of hydrogen-bond acceptors (Lipinski definition) is 2. The highest BCUT2D eigenvalue weighted by molar-refractivity contribution is 5.96. The van der Waals surface area contributed by atoms with Crippen LogP contribution in [0.25, 0.3) is 0 Å². The van der Waals surface area contributed by atoms with Crippen molar-refractivity contribution in [3.63, 3.8) is 0 Å². The Morgan fingerprint density at radius 2 is 2.00 bits per heavy atom. The van der Waals surface area contributed by atoms with E-state index in [1.165, 1.54) is 16.9 Å².